The van der Waals surface area contributed by atoms with Gasteiger partial charge in [0.15, 0.2) is 0 Å². The van der Waals surface area contributed by atoms with Gasteiger partial charge in [0.05, 0.1) is 37.7 Å². The van der Waals surface area contributed by atoms with Crippen molar-refractivity contribution >= 4 is 17.3 Å². The number of morpholine rings is 1. The number of hydrogen-bond acceptors (Lipinski definition) is 6. The highest BCUT2D eigenvalue weighted by Gasteiger charge is 2.33. The largest absolute Gasteiger partial charge is 0.496 e. The number of carbonyl (C=O) groups excluding carboxylic acids is 1. The van der Waals surface area contributed by atoms with Gasteiger partial charge < -0.3 is 26.7 Å². The van der Waals surface area contributed by atoms with Gasteiger partial charge in [-0.3, -0.25) is 9.69 Å². The third-order valence-electron chi connectivity index (χ3n) is 4.13. The molecule has 2 atom stereocenters. The molecule has 0 spiro atoms. The zero-order valence-electron chi connectivity index (χ0n) is 13.0. The molecule has 7 nitrogen and oxygen atoms in total. The van der Waals surface area contributed by atoms with Crippen LogP contribution in [0.2, 0.25) is 0 Å². The Morgan fingerprint density at radius 3 is 2.41 bits per heavy atom. The molecule has 1 aromatic rings. The van der Waals surface area contributed by atoms with Gasteiger partial charge >= 0.3 is 0 Å². The maximum Gasteiger partial charge on any atom is 0.235 e. The molecule has 1 aliphatic rings. The molecule has 0 saturated carbocycles. The first-order valence-corrected chi connectivity index (χ1v) is 7.29. The number of rotatable bonds is 5. The van der Waals surface area contributed by atoms with Gasteiger partial charge in [-0.2, -0.15) is 0 Å². The Bertz CT molecular complexity index is 544. The Balaban J connectivity index is 2.36. The fraction of sp³-hybridized carbons (Fsp3) is 0.533. The zero-order chi connectivity index (χ0) is 16.3. The highest BCUT2D eigenvalue weighted by molar-refractivity contribution is 5.81. The van der Waals surface area contributed by atoms with E-state index in [0.717, 1.165) is 5.56 Å². The van der Waals surface area contributed by atoms with Crippen molar-refractivity contribution < 1.29 is 14.3 Å². The van der Waals surface area contributed by atoms with E-state index in [4.69, 9.17) is 26.7 Å². The Kier molecular flexibility index (Phi) is 5.10. The monoisotopic (exact) mass is 308 g/mol. The molecule has 1 fully saturated rings. The number of nitrogens with two attached hydrogens (primary N) is 3. The second-order valence-electron chi connectivity index (χ2n) is 5.51. The lowest BCUT2D eigenvalue weighted by atomic mass is 9.90. The summed E-state index contributed by atoms with van der Waals surface area (Å²) in [7, 11) is 1.56. The fourth-order valence-electron chi connectivity index (χ4n) is 2.93. The number of methoxy groups -OCH3 is 1. The summed E-state index contributed by atoms with van der Waals surface area (Å²) in [4.78, 5) is 14.1. The van der Waals surface area contributed by atoms with E-state index in [9.17, 15) is 4.79 Å². The van der Waals surface area contributed by atoms with Crippen LogP contribution in [0.4, 0.5) is 11.4 Å². The normalized spacial score (nSPS) is 18.6. The molecule has 2 unspecified atom stereocenters. The van der Waals surface area contributed by atoms with E-state index < -0.39 is 6.04 Å². The molecule has 0 radical (unpaired) electrons. The van der Waals surface area contributed by atoms with Crippen molar-refractivity contribution in [1.82, 2.24) is 4.90 Å². The lowest BCUT2D eigenvalue weighted by Gasteiger charge is -2.36. The number of primary amides is 1. The number of ether oxygens (including phenoxy) is 2. The number of nitrogens with zero attached hydrogens (tertiary/aromatic N) is 1. The topological polar surface area (TPSA) is 117 Å². The predicted molar refractivity (Wildman–Crippen MR) is 85.6 cm³/mol. The molecule has 1 amide bonds. The van der Waals surface area contributed by atoms with Crippen LogP contribution in [-0.2, 0) is 9.53 Å². The van der Waals surface area contributed by atoms with Crippen molar-refractivity contribution in [2.45, 2.75) is 18.9 Å². The van der Waals surface area contributed by atoms with Crippen molar-refractivity contribution in [3.05, 3.63) is 17.7 Å². The SMILES string of the molecule is COc1cc(N)c(N)cc1C(C)C(C(N)=O)N1CCOCC1. The van der Waals surface area contributed by atoms with Crippen LogP contribution < -0.4 is 21.9 Å². The van der Waals surface area contributed by atoms with E-state index in [-0.39, 0.29) is 11.8 Å². The van der Waals surface area contributed by atoms with Crippen molar-refractivity contribution in [3.8, 4) is 5.75 Å². The van der Waals surface area contributed by atoms with E-state index >= 15 is 0 Å². The quantitative estimate of drug-likeness (QED) is 0.667. The maximum atomic E-state index is 12.0. The minimum atomic E-state index is -0.444. The second-order valence-corrected chi connectivity index (χ2v) is 5.51. The highest BCUT2D eigenvalue weighted by atomic mass is 16.5. The van der Waals surface area contributed by atoms with Gasteiger partial charge in [-0.25, -0.2) is 0 Å². The van der Waals surface area contributed by atoms with Gasteiger partial charge in [0, 0.05) is 30.6 Å². The van der Waals surface area contributed by atoms with E-state index in [1.807, 2.05) is 11.8 Å². The number of amides is 1. The lowest BCUT2D eigenvalue weighted by molar-refractivity contribution is -0.125. The molecule has 22 heavy (non-hydrogen) atoms. The Labute approximate surface area is 130 Å². The van der Waals surface area contributed by atoms with Crippen LogP contribution in [0.25, 0.3) is 0 Å². The molecule has 1 heterocycles. The second kappa shape index (κ2) is 6.85. The minimum absolute atomic E-state index is 0.173. The average Bonchev–Trinajstić information content (AvgIpc) is 2.50. The summed E-state index contributed by atoms with van der Waals surface area (Å²) in [6.07, 6.45) is 0. The number of benzene rings is 1. The van der Waals surface area contributed by atoms with E-state index in [2.05, 4.69) is 0 Å². The standard InChI is InChI=1S/C15H24N4O3/c1-9(10-7-11(16)12(17)8-13(10)21-2)14(15(18)20)19-3-5-22-6-4-19/h7-9,14H,3-6,16-17H2,1-2H3,(H2,18,20). The molecule has 1 saturated heterocycles. The van der Waals surface area contributed by atoms with E-state index in [1.165, 1.54) is 0 Å². The predicted octanol–water partition coefficient (Wildman–Crippen LogP) is 0.149. The summed E-state index contributed by atoms with van der Waals surface area (Å²) in [5, 5.41) is 0. The third kappa shape index (κ3) is 3.26. The van der Waals surface area contributed by atoms with Crippen LogP contribution in [0.5, 0.6) is 5.75 Å². The van der Waals surface area contributed by atoms with Crippen LogP contribution in [0.3, 0.4) is 0 Å². The van der Waals surface area contributed by atoms with Crippen LogP contribution in [-0.4, -0.2) is 50.3 Å². The molecule has 1 aromatic carbocycles. The van der Waals surface area contributed by atoms with Crippen molar-refractivity contribution in [1.29, 1.82) is 0 Å². The van der Waals surface area contributed by atoms with Gasteiger partial charge in [-0.1, -0.05) is 6.92 Å². The van der Waals surface area contributed by atoms with Gasteiger partial charge in [-0.05, 0) is 6.07 Å². The summed E-state index contributed by atoms with van der Waals surface area (Å²) in [6, 6.07) is 2.99. The Morgan fingerprint density at radius 1 is 1.27 bits per heavy atom. The molecule has 6 N–H and O–H groups in total. The molecule has 0 aromatic heterocycles. The van der Waals surface area contributed by atoms with Gasteiger partial charge in [0.1, 0.15) is 5.75 Å². The van der Waals surface area contributed by atoms with Crippen LogP contribution >= 0.6 is 0 Å². The van der Waals surface area contributed by atoms with Gasteiger partial charge in [0.2, 0.25) is 5.91 Å². The average molecular weight is 308 g/mol. The smallest absolute Gasteiger partial charge is 0.235 e. The molecular formula is C15H24N4O3. The summed E-state index contributed by atoms with van der Waals surface area (Å²) in [6.45, 7) is 4.48. The van der Waals surface area contributed by atoms with E-state index in [1.54, 1.807) is 19.2 Å². The van der Waals surface area contributed by atoms with Crippen LogP contribution in [0.15, 0.2) is 12.1 Å². The van der Waals surface area contributed by atoms with Gasteiger partial charge in [0.25, 0.3) is 0 Å². The van der Waals surface area contributed by atoms with Crippen LogP contribution in [0, 0.1) is 0 Å². The molecule has 122 valence electrons. The fourth-order valence-corrected chi connectivity index (χ4v) is 2.93. The Morgan fingerprint density at radius 2 is 1.86 bits per heavy atom. The first-order chi connectivity index (χ1) is 10.5. The molecule has 2 rings (SSSR count). The molecule has 7 heteroatoms. The minimum Gasteiger partial charge on any atom is -0.496 e. The lowest BCUT2D eigenvalue weighted by Crippen LogP contribution is -2.52. The van der Waals surface area contributed by atoms with Crippen molar-refractivity contribution in [2.75, 3.05) is 44.9 Å². The maximum absolute atomic E-state index is 12.0. The molecule has 0 aliphatic carbocycles. The molecular weight excluding hydrogens is 284 g/mol. The zero-order valence-corrected chi connectivity index (χ0v) is 13.0. The number of carbonyl (C=O) groups is 1. The summed E-state index contributed by atoms with van der Waals surface area (Å²) < 4.78 is 10.7. The summed E-state index contributed by atoms with van der Waals surface area (Å²) in [5.41, 5.74) is 19.1. The number of anilines is 2. The number of nitrogen functional groups attached to an aromatic ring is 2. The third-order valence-corrected chi connectivity index (χ3v) is 4.13. The summed E-state index contributed by atoms with van der Waals surface area (Å²) in [5.74, 6) is 0.0685. The van der Waals surface area contributed by atoms with Crippen molar-refractivity contribution in [2.24, 2.45) is 5.73 Å². The van der Waals surface area contributed by atoms with Crippen molar-refractivity contribution in [3.63, 3.8) is 0 Å². The number of hydrogen-bond donors (Lipinski definition) is 3. The van der Waals surface area contributed by atoms with E-state index in [0.29, 0.717) is 43.4 Å². The van der Waals surface area contributed by atoms with Gasteiger partial charge in [-0.15, -0.1) is 0 Å². The molecule has 0 bridgehead atoms. The highest BCUT2D eigenvalue weighted by Crippen LogP contribution is 2.35. The van der Waals surface area contributed by atoms with Crippen LogP contribution in [0.1, 0.15) is 18.4 Å². The first kappa shape index (κ1) is 16.4. The first-order valence-electron chi connectivity index (χ1n) is 7.29. The molecule has 1 aliphatic heterocycles. The summed E-state index contributed by atoms with van der Waals surface area (Å²) >= 11 is 0. The Hall–Kier alpha value is -1.99.